The Bertz CT molecular complexity index is 1420. The van der Waals surface area contributed by atoms with Crippen LogP contribution >= 0.6 is 11.3 Å². The summed E-state index contributed by atoms with van der Waals surface area (Å²) < 4.78 is 7.40. The normalized spacial score (nSPS) is 25.4. The van der Waals surface area contributed by atoms with Crippen molar-refractivity contribution in [2.75, 3.05) is 19.8 Å². The van der Waals surface area contributed by atoms with Crippen molar-refractivity contribution in [3.8, 4) is 11.3 Å². The van der Waals surface area contributed by atoms with E-state index in [1.807, 2.05) is 15.9 Å². The molecule has 3 fully saturated rings. The molecule has 0 amide bonds. The number of fused-ring (bicyclic) bond motifs is 4. The van der Waals surface area contributed by atoms with E-state index in [9.17, 15) is 0 Å². The maximum atomic E-state index is 5.48. The summed E-state index contributed by atoms with van der Waals surface area (Å²) in [6.45, 7) is 14.5. The van der Waals surface area contributed by atoms with Crippen LogP contribution < -0.4 is 0 Å². The summed E-state index contributed by atoms with van der Waals surface area (Å²) in [7, 11) is 0. The lowest BCUT2D eigenvalue weighted by Crippen LogP contribution is -2.52. The highest BCUT2D eigenvalue weighted by molar-refractivity contribution is 7.19. The van der Waals surface area contributed by atoms with Crippen LogP contribution in [-0.2, 0) is 4.74 Å². The zero-order valence-electron chi connectivity index (χ0n) is 20.7. The van der Waals surface area contributed by atoms with Gasteiger partial charge in [-0.15, -0.1) is 11.3 Å². The molecule has 2 aliphatic heterocycles. The highest BCUT2D eigenvalue weighted by Gasteiger charge is 2.49. The average Bonchev–Trinajstić information content (AvgIpc) is 3.56. The minimum Gasteiger partial charge on any atom is -0.378 e. The molecule has 4 aromatic heterocycles. The molecule has 178 valence electrons. The van der Waals surface area contributed by atoms with Crippen molar-refractivity contribution < 1.29 is 4.74 Å². The highest BCUT2D eigenvalue weighted by atomic mass is 32.1. The second kappa shape index (κ2) is 7.39. The number of piperidine rings is 1. The highest BCUT2D eigenvalue weighted by Crippen LogP contribution is 2.53. The first-order valence-corrected chi connectivity index (χ1v) is 13.5. The molecule has 0 spiro atoms. The molecule has 2 bridgehead atoms. The van der Waals surface area contributed by atoms with Crippen molar-refractivity contribution >= 4 is 27.2 Å². The van der Waals surface area contributed by atoms with Crippen LogP contribution in [0.5, 0.6) is 0 Å². The first kappa shape index (κ1) is 21.1. The van der Waals surface area contributed by atoms with Gasteiger partial charge in [0.05, 0.1) is 24.9 Å². The first-order valence-electron chi connectivity index (χ1n) is 12.7. The number of aromatic amines is 1. The van der Waals surface area contributed by atoms with Gasteiger partial charge in [-0.2, -0.15) is 5.10 Å². The number of nitrogens with one attached hydrogen (secondary N) is 1. The predicted octanol–water partition coefficient (Wildman–Crippen LogP) is 5.56. The summed E-state index contributed by atoms with van der Waals surface area (Å²) in [5.74, 6) is 1.95. The van der Waals surface area contributed by atoms with E-state index in [0.717, 1.165) is 30.8 Å². The molecule has 0 radical (unpaired) electrons. The van der Waals surface area contributed by atoms with Crippen LogP contribution in [-0.4, -0.2) is 56.3 Å². The Labute approximate surface area is 204 Å². The number of rotatable bonds is 4. The molecule has 0 aromatic carbocycles. The van der Waals surface area contributed by atoms with Crippen LogP contribution in [0, 0.1) is 26.7 Å². The first-order chi connectivity index (χ1) is 16.4. The van der Waals surface area contributed by atoms with Gasteiger partial charge in [-0.05, 0) is 73.6 Å². The molecule has 1 saturated carbocycles. The lowest BCUT2D eigenvalue weighted by molar-refractivity contribution is -0.0755. The molecule has 3 aliphatic rings. The maximum absolute atomic E-state index is 5.48. The number of H-pyrrole nitrogens is 1. The van der Waals surface area contributed by atoms with Gasteiger partial charge in [-0.3, -0.25) is 4.90 Å². The van der Waals surface area contributed by atoms with Crippen LogP contribution in [0.3, 0.4) is 0 Å². The van der Waals surface area contributed by atoms with Crippen LogP contribution in [0.15, 0.2) is 12.5 Å². The van der Waals surface area contributed by atoms with E-state index in [0.29, 0.717) is 17.9 Å². The minimum atomic E-state index is 0.435. The number of ether oxygens (including phenoxy) is 1. The third-order valence-corrected chi connectivity index (χ3v) is 10.3. The van der Waals surface area contributed by atoms with Gasteiger partial charge in [0.25, 0.3) is 0 Å². The van der Waals surface area contributed by atoms with Crippen LogP contribution in [0.4, 0.5) is 0 Å². The molecule has 6 heterocycles. The number of hydrogen-bond acceptors (Lipinski definition) is 5. The standard InChI is InChI=1S/C27H33N5OS/c1-13(2)22-23-16(5)25(20-7-18-6-17(20)8-31(18)19-10-33-11-19)34-27(23)30-24(22)21-9-32-26(28-12-29-32)15(4)14(21)3/h9,12-13,17-20,30H,6-8,10-11H2,1-5H3/t17?,18?,20-/m1/s1. The van der Waals surface area contributed by atoms with Gasteiger partial charge in [0.15, 0.2) is 5.65 Å². The number of likely N-dealkylation sites (tertiary alicyclic amines) is 1. The van der Waals surface area contributed by atoms with Crippen molar-refractivity contribution in [2.24, 2.45) is 5.92 Å². The molecule has 3 atom stereocenters. The summed E-state index contributed by atoms with van der Waals surface area (Å²) in [5, 5.41) is 5.91. The quantitative estimate of drug-likeness (QED) is 0.420. The van der Waals surface area contributed by atoms with Crippen molar-refractivity contribution in [3.63, 3.8) is 0 Å². The lowest BCUT2D eigenvalue weighted by Gasteiger charge is -2.41. The zero-order valence-corrected chi connectivity index (χ0v) is 21.5. The summed E-state index contributed by atoms with van der Waals surface area (Å²) in [6, 6.07) is 1.43. The fourth-order valence-corrected chi connectivity index (χ4v) is 8.45. The molecule has 34 heavy (non-hydrogen) atoms. The minimum absolute atomic E-state index is 0.435. The molecule has 2 unspecified atom stereocenters. The van der Waals surface area contributed by atoms with Crippen LogP contribution in [0.2, 0.25) is 0 Å². The molecular weight excluding hydrogens is 442 g/mol. The average molecular weight is 476 g/mol. The molecule has 2 saturated heterocycles. The number of hydrogen-bond donors (Lipinski definition) is 1. The summed E-state index contributed by atoms with van der Waals surface area (Å²) in [6.07, 6.45) is 6.48. The second-order valence-electron chi connectivity index (χ2n) is 11.1. The number of pyridine rings is 1. The SMILES string of the molecule is Cc1c(-c2[nH]c3sc([C@@H]4CC5CC4CN5C4COC4)c(C)c3c2C(C)C)cn2ncnc2c1C. The largest absolute Gasteiger partial charge is 0.378 e. The number of aryl methyl sites for hydroxylation is 2. The van der Waals surface area contributed by atoms with Gasteiger partial charge in [-0.1, -0.05) is 13.8 Å². The third-order valence-electron chi connectivity index (χ3n) is 8.94. The second-order valence-corrected chi connectivity index (χ2v) is 12.1. The van der Waals surface area contributed by atoms with Gasteiger partial charge in [0.1, 0.15) is 11.2 Å². The summed E-state index contributed by atoms with van der Waals surface area (Å²) >= 11 is 2.02. The van der Waals surface area contributed by atoms with Crippen molar-refractivity contribution in [1.29, 1.82) is 0 Å². The van der Waals surface area contributed by atoms with Gasteiger partial charge < -0.3 is 9.72 Å². The Kier molecular flexibility index (Phi) is 4.58. The lowest BCUT2D eigenvalue weighted by atomic mass is 9.88. The van der Waals surface area contributed by atoms with Crippen molar-refractivity contribution in [3.05, 3.63) is 39.7 Å². The van der Waals surface area contributed by atoms with Crippen LogP contribution in [0.25, 0.3) is 27.1 Å². The van der Waals surface area contributed by atoms with Gasteiger partial charge in [0, 0.05) is 34.6 Å². The van der Waals surface area contributed by atoms with Gasteiger partial charge in [-0.25, -0.2) is 9.50 Å². The topological polar surface area (TPSA) is 58.5 Å². The fourth-order valence-electron chi connectivity index (χ4n) is 7.02. The Balaban J connectivity index is 1.31. The van der Waals surface area contributed by atoms with E-state index >= 15 is 0 Å². The molecule has 6 nitrogen and oxygen atoms in total. The molecule has 4 aromatic rings. The van der Waals surface area contributed by atoms with E-state index in [1.54, 1.807) is 11.2 Å². The molecule has 7 heteroatoms. The number of thiophene rings is 1. The van der Waals surface area contributed by atoms with E-state index in [2.05, 4.69) is 60.8 Å². The van der Waals surface area contributed by atoms with Crippen LogP contribution in [0.1, 0.15) is 65.7 Å². The van der Waals surface area contributed by atoms with E-state index in [1.165, 1.54) is 63.1 Å². The van der Waals surface area contributed by atoms with Crippen molar-refractivity contribution in [1.82, 2.24) is 24.5 Å². The number of nitrogens with zero attached hydrogens (tertiary/aromatic N) is 4. The monoisotopic (exact) mass is 475 g/mol. The van der Waals surface area contributed by atoms with E-state index in [-0.39, 0.29) is 0 Å². The van der Waals surface area contributed by atoms with Gasteiger partial charge in [0.2, 0.25) is 0 Å². The van der Waals surface area contributed by atoms with E-state index in [4.69, 9.17) is 4.74 Å². The smallest absolute Gasteiger partial charge is 0.158 e. The Morgan fingerprint density at radius 1 is 1.09 bits per heavy atom. The summed E-state index contributed by atoms with van der Waals surface area (Å²) in [5.41, 5.74) is 8.88. The zero-order chi connectivity index (χ0) is 23.3. The Hall–Kier alpha value is -2.22. The third kappa shape index (κ3) is 2.80. The van der Waals surface area contributed by atoms with Crippen molar-refractivity contribution in [2.45, 2.75) is 71.4 Å². The molecule has 7 rings (SSSR count). The molecule has 1 aliphatic carbocycles. The summed E-state index contributed by atoms with van der Waals surface area (Å²) in [4.78, 5) is 14.1. The predicted molar refractivity (Wildman–Crippen MR) is 137 cm³/mol. The number of aromatic nitrogens is 4. The molecule has 1 N–H and O–H groups in total. The Morgan fingerprint density at radius 3 is 2.59 bits per heavy atom. The van der Waals surface area contributed by atoms with Gasteiger partial charge >= 0.3 is 0 Å². The fraction of sp³-hybridized carbons (Fsp3) is 0.556. The Morgan fingerprint density at radius 2 is 1.91 bits per heavy atom. The maximum Gasteiger partial charge on any atom is 0.158 e. The molecular formula is C27H33N5OS. The van der Waals surface area contributed by atoms with E-state index < -0.39 is 0 Å².